The van der Waals surface area contributed by atoms with Crippen LogP contribution in [-0.2, 0) is 20.7 Å². The van der Waals surface area contributed by atoms with Crippen molar-refractivity contribution in [2.45, 2.75) is 12.8 Å². The Labute approximate surface area is 155 Å². The third kappa shape index (κ3) is 4.57. The Morgan fingerprint density at radius 3 is 2.68 bits per heavy atom. The fourth-order valence-electron chi connectivity index (χ4n) is 2.79. The lowest BCUT2D eigenvalue weighted by molar-refractivity contribution is -0.142. The number of esters is 1. The van der Waals surface area contributed by atoms with Gasteiger partial charge in [0.25, 0.3) is 5.91 Å². The van der Waals surface area contributed by atoms with E-state index in [-0.39, 0.29) is 12.5 Å². The van der Waals surface area contributed by atoms with Gasteiger partial charge in [-0.2, -0.15) is 0 Å². The highest BCUT2D eigenvalue weighted by molar-refractivity contribution is 9.10. The summed E-state index contributed by atoms with van der Waals surface area (Å²) >= 11 is 3.36. The van der Waals surface area contributed by atoms with Crippen LogP contribution < -0.4 is 4.90 Å². The van der Waals surface area contributed by atoms with Crippen LogP contribution in [0.4, 0.5) is 5.69 Å². The lowest BCUT2D eigenvalue weighted by Crippen LogP contribution is -2.38. The standard InChI is InChI=1S/C20H18BrNO3/c21-17-10-7-15(8-11-17)9-12-20(24)25-14-19(23)22-13-3-5-16-4-1-2-6-18(16)22/h1-2,4,6-12H,3,5,13-14H2/b12-9+. The Morgan fingerprint density at radius 1 is 1.12 bits per heavy atom. The Balaban J connectivity index is 1.56. The number of hydrogen-bond acceptors (Lipinski definition) is 3. The molecule has 1 heterocycles. The first kappa shape index (κ1) is 17.4. The monoisotopic (exact) mass is 399 g/mol. The smallest absolute Gasteiger partial charge is 0.331 e. The molecule has 5 heteroatoms. The predicted octanol–water partition coefficient (Wildman–Crippen LogP) is 3.98. The van der Waals surface area contributed by atoms with Crippen LogP contribution in [0.15, 0.2) is 59.1 Å². The molecule has 0 aromatic heterocycles. The predicted molar refractivity (Wildman–Crippen MR) is 101 cm³/mol. The van der Waals surface area contributed by atoms with Gasteiger partial charge in [0.05, 0.1) is 0 Å². The first-order chi connectivity index (χ1) is 12.1. The number of amides is 1. The number of aryl methyl sites for hydroxylation is 1. The number of benzene rings is 2. The summed E-state index contributed by atoms with van der Waals surface area (Å²) in [4.78, 5) is 25.9. The van der Waals surface area contributed by atoms with Crippen LogP contribution >= 0.6 is 15.9 Å². The fourth-order valence-corrected chi connectivity index (χ4v) is 3.05. The minimum atomic E-state index is -0.526. The molecule has 0 spiro atoms. The molecule has 0 radical (unpaired) electrons. The van der Waals surface area contributed by atoms with Crippen molar-refractivity contribution in [3.63, 3.8) is 0 Å². The number of ether oxygens (including phenoxy) is 1. The lowest BCUT2D eigenvalue weighted by Gasteiger charge is -2.29. The highest BCUT2D eigenvalue weighted by Gasteiger charge is 2.22. The SMILES string of the molecule is O=C(/C=C/c1ccc(Br)cc1)OCC(=O)N1CCCc2ccccc21. The van der Waals surface area contributed by atoms with E-state index in [2.05, 4.69) is 15.9 Å². The van der Waals surface area contributed by atoms with Crippen molar-refractivity contribution in [3.05, 3.63) is 70.2 Å². The number of nitrogens with zero attached hydrogens (tertiary/aromatic N) is 1. The van der Waals surface area contributed by atoms with Crippen LogP contribution in [0.25, 0.3) is 6.08 Å². The van der Waals surface area contributed by atoms with Gasteiger partial charge in [-0.05, 0) is 48.2 Å². The van der Waals surface area contributed by atoms with Gasteiger partial charge in [0.1, 0.15) is 0 Å². The Morgan fingerprint density at radius 2 is 1.88 bits per heavy atom. The van der Waals surface area contributed by atoms with Crippen LogP contribution in [0.3, 0.4) is 0 Å². The molecule has 2 aromatic rings. The molecule has 3 rings (SSSR count). The lowest BCUT2D eigenvalue weighted by atomic mass is 10.0. The molecular weight excluding hydrogens is 382 g/mol. The number of carbonyl (C=O) groups is 2. The van der Waals surface area contributed by atoms with Gasteiger partial charge in [0.2, 0.25) is 0 Å². The molecule has 0 aliphatic carbocycles. The van der Waals surface area contributed by atoms with Gasteiger partial charge in [-0.3, -0.25) is 4.79 Å². The number of fused-ring (bicyclic) bond motifs is 1. The normalized spacial score (nSPS) is 13.6. The fraction of sp³-hybridized carbons (Fsp3) is 0.200. The summed E-state index contributed by atoms with van der Waals surface area (Å²) in [6, 6.07) is 15.4. The summed E-state index contributed by atoms with van der Waals surface area (Å²) in [6.45, 7) is 0.403. The number of para-hydroxylation sites is 1. The van der Waals surface area contributed by atoms with E-state index in [0.717, 1.165) is 34.1 Å². The van der Waals surface area contributed by atoms with Crippen molar-refractivity contribution in [3.8, 4) is 0 Å². The van der Waals surface area contributed by atoms with E-state index in [1.54, 1.807) is 11.0 Å². The molecule has 0 saturated carbocycles. The molecule has 1 amide bonds. The second-order valence-corrected chi connectivity index (χ2v) is 6.69. The van der Waals surface area contributed by atoms with Crippen molar-refractivity contribution in [2.75, 3.05) is 18.1 Å². The summed E-state index contributed by atoms with van der Waals surface area (Å²) in [5, 5.41) is 0. The zero-order valence-corrected chi connectivity index (χ0v) is 15.2. The number of halogens is 1. The second kappa shape index (κ2) is 8.12. The van der Waals surface area contributed by atoms with Crippen molar-refractivity contribution in [2.24, 2.45) is 0 Å². The van der Waals surface area contributed by atoms with Gasteiger partial charge in [-0.15, -0.1) is 0 Å². The topological polar surface area (TPSA) is 46.6 Å². The molecule has 0 bridgehead atoms. The molecule has 0 fully saturated rings. The van der Waals surface area contributed by atoms with E-state index >= 15 is 0 Å². The molecule has 25 heavy (non-hydrogen) atoms. The van der Waals surface area contributed by atoms with E-state index in [0.29, 0.717) is 6.54 Å². The van der Waals surface area contributed by atoms with E-state index in [1.807, 2.05) is 48.5 Å². The third-order valence-electron chi connectivity index (χ3n) is 4.03. The molecule has 2 aromatic carbocycles. The van der Waals surface area contributed by atoms with Crippen LogP contribution in [0, 0.1) is 0 Å². The molecule has 0 saturated heterocycles. The van der Waals surface area contributed by atoms with Crippen molar-refractivity contribution < 1.29 is 14.3 Å². The first-order valence-electron chi connectivity index (χ1n) is 8.12. The summed E-state index contributed by atoms with van der Waals surface area (Å²) in [7, 11) is 0. The Hall–Kier alpha value is -2.40. The van der Waals surface area contributed by atoms with Gasteiger partial charge in [0.15, 0.2) is 6.61 Å². The maximum atomic E-state index is 12.4. The van der Waals surface area contributed by atoms with Crippen LogP contribution in [0.2, 0.25) is 0 Å². The molecule has 128 valence electrons. The van der Waals surface area contributed by atoms with Gasteiger partial charge in [-0.1, -0.05) is 46.3 Å². The summed E-state index contributed by atoms with van der Waals surface area (Å²) in [5.74, 6) is -0.723. The Kier molecular flexibility index (Phi) is 5.66. The third-order valence-corrected chi connectivity index (χ3v) is 4.56. The molecule has 0 unspecified atom stereocenters. The Bertz CT molecular complexity index is 799. The van der Waals surface area contributed by atoms with Crippen LogP contribution in [-0.4, -0.2) is 25.0 Å². The summed E-state index contributed by atoms with van der Waals surface area (Å²) < 4.78 is 6.06. The number of rotatable bonds is 4. The van der Waals surface area contributed by atoms with Gasteiger partial charge < -0.3 is 9.64 Å². The molecule has 1 aliphatic heterocycles. The molecule has 1 aliphatic rings. The molecular formula is C20H18BrNO3. The van der Waals surface area contributed by atoms with E-state index in [4.69, 9.17) is 4.74 Å². The molecule has 0 atom stereocenters. The molecule has 4 nitrogen and oxygen atoms in total. The number of anilines is 1. The highest BCUT2D eigenvalue weighted by atomic mass is 79.9. The van der Waals surface area contributed by atoms with Gasteiger partial charge >= 0.3 is 5.97 Å². The van der Waals surface area contributed by atoms with Crippen LogP contribution in [0.1, 0.15) is 17.5 Å². The summed E-state index contributed by atoms with van der Waals surface area (Å²) in [6.07, 6.45) is 4.88. The largest absolute Gasteiger partial charge is 0.452 e. The van der Waals surface area contributed by atoms with Crippen molar-refractivity contribution >= 4 is 39.6 Å². The average Bonchev–Trinajstić information content (AvgIpc) is 2.65. The number of hydrogen-bond donors (Lipinski definition) is 0. The van der Waals surface area contributed by atoms with Crippen LogP contribution in [0.5, 0.6) is 0 Å². The highest BCUT2D eigenvalue weighted by Crippen LogP contribution is 2.26. The van der Waals surface area contributed by atoms with E-state index in [9.17, 15) is 9.59 Å². The van der Waals surface area contributed by atoms with Crippen molar-refractivity contribution in [1.82, 2.24) is 0 Å². The minimum absolute atomic E-state index is 0.197. The number of carbonyl (C=O) groups excluding carboxylic acids is 2. The first-order valence-corrected chi connectivity index (χ1v) is 8.91. The zero-order chi connectivity index (χ0) is 17.6. The molecule has 0 N–H and O–H groups in total. The van der Waals surface area contributed by atoms with E-state index < -0.39 is 5.97 Å². The maximum absolute atomic E-state index is 12.4. The summed E-state index contributed by atoms with van der Waals surface area (Å²) in [5.41, 5.74) is 2.96. The van der Waals surface area contributed by atoms with E-state index in [1.165, 1.54) is 6.08 Å². The van der Waals surface area contributed by atoms with Crippen molar-refractivity contribution in [1.29, 1.82) is 0 Å². The van der Waals surface area contributed by atoms with Gasteiger partial charge in [0, 0.05) is 22.8 Å². The second-order valence-electron chi connectivity index (χ2n) is 5.77. The van der Waals surface area contributed by atoms with Gasteiger partial charge in [-0.25, -0.2) is 4.79 Å². The average molecular weight is 400 g/mol. The quantitative estimate of drug-likeness (QED) is 0.576. The zero-order valence-electron chi connectivity index (χ0n) is 13.7. The maximum Gasteiger partial charge on any atom is 0.331 e. The minimum Gasteiger partial charge on any atom is -0.452 e.